The van der Waals surface area contributed by atoms with E-state index in [0.717, 1.165) is 32.2 Å². The number of rotatable bonds is 5. The van der Waals surface area contributed by atoms with Crippen LogP contribution in [0.2, 0.25) is 0 Å². The first-order valence-corrected chi connectivity index (χ1v) is 10.4. The fourth-order valence-electron chi connectivity index (χ4n) is 4.64. The fourth-order valence-corrected chi connectivity index (χ4v) is 4.64. The molecule has 2 amide bonds. The Morgan fingerprint density at radius 3 is 2.56 bits per heavy atom. The number of carboxylic acids is 1. The minimum absolute atomic E-state index is 0.0186. The molecule has 2 atom stereocenters. The van der Waals surface area contributed by atoms with Gasteiger partial charge in [0.05, 0.1) is 23.8 Å². The lowest BCUT2D eigenvalue weighted by atomic mass is 9.77. The molecule has 2 fully saturated rings. The van der Waals surface area contributed by atoms with E-state index in [-0.39, 0.29) is 23.4 Å². The van der Waals surface area contributed by atoms with E-state index < -0.39 is 12.1 Å². The van der Waals surface area contributed by atoms with Crippen LogP contribution < -0.4 is 0 Å². The highest BCUT2D eigenvalue weighted by molar-refractivity contribution is 5.94. The van der Waals surface area contributed by atoms with Gasteiger partial charge in [0.15, 0.2) is 0 Å². The number of hydrogen-bond acceptors (Lipinski definition) is 5. The number of piperidine rings is 1. The number of methoxy groups -OCH3 is 1. The Balaban J connectivity index is 0.000000451. The summed E-state index contributed by atoms with van der Waals surface area (Å²) in [6.45, 7) is 3.97. The number of halogens is 3. The second-order valence-electron chi connectivity index (χ2n) is 7.71. The van der Waals surface area contributed by atoms with Gasteiger partial charge in [-0.3, -0.25) is 14.6 Å². The van der Waals surface area contributed by atoms with Gasteiger partial charge in [-0.15, -0.1) is 0 Å². The van der Waals surface area contributed by atoms with Crippen molar-refractivity contribution in [3.05, 3.63) is 30.1 Å². The van der Waals surface area contributed by atoms with Crippen LogP contribution in [0.1, 0.15) is 49.4 Å². The summed E-state index contributed by atoms with van der Waals surface area (Å²) in [7, 11) is 1.66. The number of nitrogens with zero attached hydrogens (tertiary/aromatic N) is 3. The normalized spacial score (nSPS) is 23.2. The van der Waals surface area contributed by atoms with E-state index in [9.17, 15) is 22.8 Å². The van der Waals surface area contributed by atoms with Crippen molar-refractivity contribution < 1.29 is 37.4 Å². The van der Waals surface area contributed by atoms with Crippen molar-refractivity contribution in [1.82, 2.24) is 14.8 Å². The highest BCUT2D eigenvalue weighted by Gasteiger charge is 2.53. The number of pyridine rings is 1. The van der Waals surface area contributed by atoms with Crippen LogP contribution in [0.5, 0.6) is 0 Å². The second-order valence-corrected chi connectivity index (χ2v) is 7.71. The lowest BCUT2D eigenvalue weighted by molar-refractivity contribution is -0.192. The molecule has 0 bridgehead atoms. The second kappa shape index (κ2) is 10.8. The zero-order valence-corrected chi connectivity index (χ0v) is 18.1. The molecule has 0 unspecified atom stereocenters. The highest BCUT2D eigenvalue weighted by atomic mass is 19.4. The molecule has 0 aromatic carbocycles. The maximum atomic E-state index is 13.1. The highest BCUT2D eigenvalue weighted by Crippen LogP contribution is 2.43. The average molecular weight is 459 g/mol. The number of carboxylic acid groups (broad SMARTS) is 1. The van der Waals surface area contributed by atoms with Gasteiger partial charge in [0, 0.05) is 39.0 Å². The molecule has 1 aromatic rings. The number of hydrogen-bond donors (Lipinski definition) is 1. The van der Waals surface area contributed by atoms with E-state index in [0.29, 0.717) is 25.1 Å². The van der Waals surface area contributed by atoms with Crippen molar-refractivity contribution in [2.45, 2.75) is 56.8 Å². The molecule has 1 aromatic heterocycles. The molecular formula is C21H28F3N3O5. The Bertz CT molecular complexity index is 806. The van der Waals surface area contributed by atoms with Gasteiger partial charge in [-0.05, 0) is 37.8 Å². The number of likely N-dealkylation sites (tertiary alicyclic amines) is 2. The monoisotopic (exact) mass is 459 g/mol. The lowest BCUT2D eigenvalue weighted by Crippen LogP contribution is -2.64. The van der Waals surface area contributed by atoms with E-state index in [1.807, 2.05) is 15.9 Å². The summed E-state index contributed by atoms with van der Waals surface area (Å²) in [4.78, 5) is 42.5. The molecule has 8 nitrogen and oxygen atoms in total. The molecular weight excluding hydrogens is 431 g/mol. The number of ether oxygens (including phenoxy) is 1. The number of carbonyl (C=O) groups is 3. The van der Waals surface area contributed by atoms with Gasteiger partial charge in [0.2, 0.25) is 5.91 Å². The Morgan fingerprint density at radius 1 is 1.34 bits per heavy atom. The molecule has 32 heavy (non-hydrogen) atoms. The summed E-state index contributed by atoms with van der Waals surface area (Å²) >= 11 is 0. The Labute approximate surface area is 184 Å². The van der Waals surface area contributed by atoms with Crippen molar-refractivity contribution in [2.75, 3.05) is 26.8 Å². The van der Waals surface area contributed by atoms with Gasteiger partial charge >= 0.3 is 12.1 Å². The topological polar surface area (TPSA) is 100 Å². The largest absolute Gasteiger partial charge is 0.490 e. The summed E-state index contributed by atoms with van der Waals surface area (Å²) in [5.41, 5.74) is 0.367. The van der Waals surface area contributed by atoms with Crippen molar-refractivity contribution >= 4 is 17.8 Å². The third kappa shape index (κ3) is 5.56. The van der Waals surface area contributed by atoms with Crippen LogP contribution in [0.3, 0.4) is 0 Å². The van der Waals surface area contributed by atoms with E-state index >= 15 is 0 Å². The predicted molar refractivity (Wildman–Crippen MR) is 108 cm³/mol. The molecule has 1 spiro atoms. The van der Waals surface area contributed by atoms with Gasteiger partial charge in [0.1, 0.15) is 0 Å². The van der Waals surface area contributed by atoms with Gasteiger partial charge < -0.3 is 19.6 Å². The number of carbonyl (C=O) groups excluding carboxylic acids is 2. The first-order chi connectivity index (χ1) is 15.1. The molecule has 178 valence electrons. The van der Waals surface area contributed by atoms with Crippen molar-refractivity contribution in [3.63, 3.8) is 0 Å². The summed E-state index contributed by atoms with van der Waals surface area (Å²) < 4.78 is 37.0. The van der Waals surface area contributed by atoms with E-state index in [1.165, 1.54) is 0 Å². The first-order valence-electron chi connectivity index (χ1n) is 10.4. The molecule has 0 radical (unpaired) electrons. The number of aliphatic carboxylic acids is 1. The Kier molecular flexibility index (Phi) is 8.59. The minimum atomic E-state index is -5.08. The molecule has 2 aliphatic rings. The van der Waals surface area contributed by atoms with Crippen LogP contribution >= 0.6 is 0 Å². The summed E-state index contributed by atoms with van der Waals surface area (Å²) in [5, 5.41) is 7.12. The first kappa shape index (κ1) is 25.6. The number of alkyl halides is 3. The molecule has 3 heterocycles. The van der Waals surface area contributed by atoms with Crippen molar-refractivity contribution in [3.8, 4) is 0 Å². The van der Waals surface area contributed by atoms with Crippen LogP contribution in [-0.2, 0) is 14.3 Å². The van der Waals surface area contributed by atoms with Gasteiger partial charge in [-0.25, -0.2) is 4.79 Å². The maximum Gasteiger partial charge on any atom is 0.490 e. The fraction of sp³-hybridized carbons (Fsp3) is 0.619. The van der Waals surface area contributed by atoms with Gasteiger partial charge in [-0.2, -0.15) is 13.2 Å². The summed E-state index contributed by atoms with van der Waals surface area (Å²) in [5.74, 6) is -2.55. The molecule has 2 saturated heterocycles. The molecule has 3 rings (SSSR count). The smallest absolute Gasteiger partial charge is 0.475 e. The van der Waals surface area contributed by atoms with Crippen molar-refractivity contribution in [1.29, 1.82) is 0 Å². The van der Waals surface area contributed by atoms with Gasteiger partial charge in [-0.1, -0.05) is 6.92 Å². The molecule has 0 aliphatic carbocycles. The SMILES string of the molecule is CC[C@@H]1N(C(=O)c2cccnc2)CCC[C@]12CCC(=O)N2CCOC.O=C(O)C(F)(F)F. The van der Waals surface area contributed by atoms with E-state index in [2.05, 4.69) is 11.9 Å². The zero-order chi connectivity index (χ0) is 23.9. The third-order valence-corrected chi connectivity index (χ3v) is 5.93. The Hall–Kier alpha value is -2.69. The van der Waals surface area contributed by atoms with Crippen LogP contribution in [-0.4, -0.2) is 82.2 Å². The predicted octanol–water partition coefficient (Wildman–Crippen LogP) is 2.74. The van der Waals surface area contributed by atoms with Crippen LogP contribution in [0.15, 0.2) is 24.5 Å². The average Bonchev–Trinajstić information content (AvgIpc) is 3.07. The zero-order valence-electron chi connectivity index (χ0n) is 18.1. The quantitative estimate of drug-likeness (QED) is 0.727. The van der Waals surface area contributed by atoms with Gasteiger partial charge in [0.25, 0.3) is 5.91 Å². The van der Waals surface area contributed by atoms with E-state index in [4.69, 9.17) is 14.6 Å². The molecule has 2 aliphatic heterocycles. The van der Waals surface area contributed by atoms with Crippen LogP contribution in [0.25, 0.3) is 0 Å². The number of amides is 2. The van der Waals surface area contributed by atoms with Crippen LogP contribution in [0, 0.1) is 0 Å². The molecule has 1 N–H and O–H groups in total. The number of aromatic nitrogens is 1. The Morgan fingerprint density at radius 2 is 2.03 bits per heavy atom. The summed E-state index contributed by atoms with van der Waals surface area (Å²) in [6.07, 6.45) is 2.31. The van der Waals surface area contributed by atoms with Crippen LogP contribution in [0.4, 0.5) is 13.2 Å². The lowest BCUT2D eigenvalue weighted by Gasteiger charge is -2.52. The van der Waals surface area contributed by atoms with Crippen molar-refractivity contribution in [2.24, 2.45) is 0 Å². The maximum absolute atomic E-state index is 13.1. The standard InChI is InChI=1S/C19H27N3O3.C2HF3O2/c1-3-16-19(9-7-17(23)22(19)12-13-25-2)8-5-11-21(16)18(24)15-6-4-10-20-14-15;3-2(4,5)1(6)7/h4,6,10,14,16H,3,5,7-9,11-13H2,1-2H3;(H,6,7)/t16-,19-;/m0./s1. The molecule has 0 saturated carbocycles. The minimum Gasteiger partial charge on any atom is -0.475 e. The molecule has 11 heteroatoms. The third-order valence-electron chi connectivity index (χ3n) is 5.93. The van der Waals surface area contributed by atoms with E-state index in [1.54, 1.807) is 25.6 Å². The summed E-state index contributed by atoms with van der Waals surface area (Å²) in [6, 6.07) is 3.64.